The Morgan fingerprint density at radius 2 is 1.44 bits per heavy atom. The number of benzene rings is 2. The van der Waals surface area contributed by atoms with Crippen LogP contribution in [0.4, 0.5) is 0 Å². The van der Waals surface area contributed by atoms with Gasteiger partial charge in [0.2, 0.25) is 5.75 Å². The molecule has 2 radical (unpaired) electrons. The number of phenolic OH excluding ortho intramolecular Hbond substituents is 4. The lowest BCUT2D eigenvalue weighted by atomic mass is 9.88. The van der Waals surface area contributed by atoms with E-state index in [9.17, 15) is 20.4 Å². The largest absolute Gasteiger partial charge is 0.508 e. The Bertz CT molecular complexity index is 599. The van der Waals surface area contributed by atoms with Crippen LogP contribution in [0.15, 0.2) is 28.7 Å². The maximum absolute atomic E-state index is 9.88. The first kappa shape index (κ1) is 12.6. The Morgan fingerprint density at radius 1 is 0.833 bits per heavy atom. The molecule has 4 N–H and O–H groups in total. The molecule has 2 aromatic carbocycles. The number of aromatic hydroxyl groups is 4. The summed E-state index contributed by atoms with van der Waals surface area (Å²) in [5.74, 6) is -2.64. The second-order valence-electron chi connectivity index (χ2n) is 3.66. The zero-order valence-corrected chi connectivity index (χ0v) is 10.6. The molecular weight excluding hydrogens is 299 g/mol. The zero-order valence-electron chi connectivity index (χ0n) is 9.05. The van der Waals surface area contributed by atoms with E-state index in [1.165, 1.54) is 0 Å². The Kier molecular flexibility index (Phi) is 3.13. The molecule has 0 amide bonds. The molecule has 90 valence electrons. The van der Waals surface area contributed by atoms with Crippen LogP contribution >= 0.6 is 15.9 Å². The minimum Gasteiger partial charge on any atom is -0.508 e. The molecular formula is C12H8BBrO4. The summed E-state index contributed by atoms with van der Waals surface area (Å²) in [6.07, 6.45) is 0. The first-order valence-corrected chi connectivity index (χ1v) is 5.74. The normalized spacial score (nSPS) is 10.5. The quantitative estimate of drug-likeness (QED) is 0.367. The summed E-state index contributed by atoms with van der Waals surface area (Å²) in [6, 6.07) is 6.77. The molecule has 0 atom stereocenters. The molecule has 0 aliphatic heterocycles. The Morgan fingerprint density at radius 3 is 2.06 bits per heavy atom. The summed E-state index contributed by atoms with van der Waals surface area (Å²) in [6.45, 7) is 0. The van der Waals surface area contributed by atoms with Gasteiger partial charge < -0.3 is 20.4 Å². The molecule has 0 fully saturated rings. The summed E-state index contributed by atoms with van der Waals surface area (Å²) < 4.78 is 0.597. The molecule has 2 aromatic rings. The van der Waals surface area contributed by atoms with Crippen molar-refractivity contribution in [3.63, 3.8) is 0 Å². The van der Waals surface area contributed by atoms with Crippen LogP contribution in [-0.2, 0) is 0 Å². The van der Waals surface area contributed by atoms with Gasteiger partial charge in [-0.25, -0.2) is 0 Å². The highest BCUT2D eigenvalue weighted by molar-refractivity contribution is 9.10. The van der Waals surface area contributed by atoms with Gasteiger partial charge in [0.1, 0.15) is 13.6 Å². The third-order valence-corrected chi connectivity index (χ3v) is 3.27. The van der Waals surface area contributed by atoms with Gasteiger partial charge in [-0.2, -0.15) is 0 Å². The van der Waals surface area contributed by atoms with E-state index in [1.54, 1.807) is 24.3 Å². The van der Waals surface area contributed by atoms with Crippen molar-refractivity contribution < 1.29 is 20.4 Å². The van der Waals surface area contributed by atoms with E-state index in [2.05, 4.69) is 15.9 Å². The fourth-order valence-corrected chi connectivity index (χ4v) is 2.12. The second-order valence-corrected chi connectivity index (χ2v) is 4.52. The van der Waals surface area contributed by atoms with E-state index >= 15 is 0 Å². The fraction of sp³-hybridized carbons (Fsp3) is 0. The highest BCUT2D eigenvalue weighted by Gasteiger charge is 2.22. The molecule has 0 bridgehead atoms. The van der Waals surface area contributed by atoms with Gasteiger partial charge in [-0.15, -0.1) is 0 Å². The standard InChI is InChI=1S/C12H8BBrO4/c13-8-9(15)7(10(16)12(18)11(8)17)5-3-1-2-4-6(5)14/h1-4,15-18H. The molecule has 0 saturated carbocycles. The van der Waals surface area contributed by atoms with Crippen LogP contribution < -0.4 is 5.46 Å². The molecule has 0 aromatic heterocycles. The number of rotatable bonds is 1. The van der Waals surface area contributed by atoms with Gasteiger partial charge in [0, 0.05) is 10.0 Å². The molecule has 0 aliphatic rings. The Balaban J connectivity index is 2.85. The molecule has 2 rings (SSSR count). The second kappa shape index (κ2) is 4.46. The Hall–Kier alpha value is -1.82. The van der Waals surface area contributed by atoms with Gasteiger partial charge in [-0.05, 0) is 11.5 Å². The number of phenols is 4. The summed E-state index contributed by atoms with van der Waals surface area (Å²) in [5.41, 5.74) is 0.000767. The SMILES string of the molecule is [B]c1c(O)c(O)c(O)c(-c2ccccc2Br)c1O. The van der Waals surface area contributed by atoms with Crippen LogP contribution in [0, 0.1) is 0 Å². The van der Waals surface area contributed by atoms with Crippen LogP contribution in [0.1, 0.15) is 0 Å². The van der Waals surface area contributed by atoms with Crippen molar-refractivity contribution in [1.82, 2.24) is 0 Å². The highest BCUT2D eigenvalue weighted by Crippen LogP contribution is 2.47. The van der Waals surface area contributed by atoms with E-state index in [1.807, 2.05) is 0 Å². The predicted molar refractivity (Wildman–Crippen MR) is 71.6 cm³/mol. The van der Waals surface area contributed by atoms with Crippen LogP contribution in [0.3, 0.4) is 0 Å². The highest BCUT2D eigenvalue weighted by atomic mass is 79.9. The van der Waals surface area contributed by atoms with Crippen molar-refractivity contribution in [3.8, 4) is 34.1 Å². The van der Waals surface area contributed by atoms with Crippen molar-refractivity contribution >= 4 is 29.2 Å². The van der Waals surface area contributed by atoms with Crippen LogP contribution in [0.25, 0.3) is 11.1 Å². The van der Waals surface area contributed by atoms with E-state index in [0.29, 0.717) is 10.0 Å². The van der Waals surface area contributed by atoms with Crippen molar-refractivity contribution in [2.45, 2.75) is 0 Å². The van der Waals surface area contributed by atoms with Crippen molar-refractivity contribution in [1.29, 1.82) is 0 Å². The first-order chi connectivity index (χ1) is 8.45. The zero-order chi connectivity index (χ0) is 13.4. The topological polar surface area (TPSA) is 80.9 Å². The molecule has 6 heteroatoms. The molecule has 0 saturated heterocycles. The summed E-state index contributed by atoms with van der Waals surface area (Å²) >= 11 is 3.26. The minimum absolute atomic E-state index is 0.0460. The van der Waals surface area contributed by atoms with Crippen molar-refractivity contribution in [2.75, 3.05) is 0 Å². The number of hydrogen-bond acceptors (Lipinski definition) is 4. The maximum atomic E-state index is 9.88. The van der Waals surface area contributed by atoms with E-state index in [4.69, 9.17) is 7.85 Å². The number of halogens is 1. The van der Waals surface area contributed by atoms with Crippen molar-refractivity contribution in [3.05, 3.63) is 28.7 Å². The fourth-order valence-electron chi connectivity index (χ4n) is 1.64. The van der Waals surface area contributed by atoms with E-state index in [-0.39, 0.29) is 5.56 Å². The summed E-state index contributed by atoms with van der Waals surface area (Å²) in [4.78, 5) is 0. The third-order valence-electron chi connectivity index (χ3n) is 2.58. The van der Waals surface area contributed by atoms with Gasteiger partial charge in [-0.1, -0.05) is 34.1 Å². The van der Waals surface area contributed by atoms with Crippen LogP contribution in [-0.4, -0.2) is 28.3 Å². The molecule has 0 aliphatic carbocycles. The van der Waals surface area contributed by atoms with Gasteiger partial charge in [0.15, 0.2) is 11.5 Å². The monoisotopic (exact) mass is 306 g/mol. The average Bonchev–Trinajstić information content (AvgIpc) is 2.36. The van der Waals surface area contributed by atoms with Crippen molar-refractivity contribution in [2.24, 2.45) is 0 Å². The van der Waals surface area contributed by atoms with E-state index < -0.39 is 28.5 Å². The first-order valence-electron chi connectivity index (χ1n) is 4.95. The predicted octanol–water partition coefficient (Wildman–Crippen LogP) is 1.73. The van der Waals surface area contributed by atoms with Gasteiger partial charge in [-0.3, -0.25) is 0 Å². The molecule has 18 heavy (non-hydrogen) atoms. The summed E-state index contributed by atoms with van der Waals surface area (Å²) in [7, 11) is 5.45. The smallest absolute Gasteiger partial charge is 0.200 e. The molecule has 0 unspecified atom stereocenters. The third kappa shape index (κ3) is 1.78. The van der Waals surface area contributed by atoms with Crippen LogP contribution in [0.5, 0.6) is 23.0 Å². The van der Waals surface area contributed by atoms with Gasteiger partial charge in [0.05, 0.1) is 5.56 Å². The number of hydrogen-bond donors (Lipinski definition) is 4. The lowest BCUT2D eigenvalue weighted by molar-refractivity contribution is 0.365. The maximum Gasteiger partial charge on any atom is 0.200 e. The molecule has 4 nitrogen and oxygen atoms in total. The lowest BCUT2D eigenvalue weighted by Gasteiger charge is -2.14. The van der Waals surface area contributed by atoms with Crippen LogP contribution in [0.2, 0.25) is 0 Å². The summed E-state index contributed by atoms with van der Waals surface area (Å²) in [5, 5.41) is 38.6. The average molecular weight is 307 g/mol. The molecule has 0 heterocycles. The van der Waals surface area contributed by atoms with Gasteiger partial charge >= 0.3 is 0 Å². The lowest BCUT2D eigenvalue weighted by Crippen LogP contribution is -2.05. The van der Waals surface area contributed by atoms with E-state index in [0.717, 1.165) is 0 Å². The molecule has 0 spiro atoms. The Labute approximate surface area is 113 Å². The minimum atomic E-state index is -0.768. The van der Waals surface area contributed by atoms with Gasteiger partial charge in [0.25, 0.3) is 0 Å².